The van der Waals surface area contributed by atoms with Gasteiger partial charge in [0.1, 0.15) is 0 Å². The topological polar surface area (TPSA) is 0 Å². The van der Waals surface area contributed by atoms with Crippen molar-refractivity contribution in [1.82, 2.24) is 0 Å². The monoisotopic (exact) mass is 132 g/mol. The van der Waals surface area contributed by atoms with Crippen LogP contribution in [0.3, 0.4) is 0 Å². The molecular weight excluding hydrogens is 123 g/mol. The minimum absolute atomic E-state index is 0. The standard InChI is InChI=1S/C7H8S.Li.H/c1-2-3-7-4-5-8-6-7;;/h2,4-6H,1,3H2;;. The summed E-state index contributed by atoms with van der Waals surface area (Å²) in [5, 5.41) is 4.22. The second-order valence-electron chi connectivity index (χ2n) is 1.62. The Balaban J connectivity index is 0.000000640. The first-order chi connectivity index (χ1) is 3.93. The van der Waals surface area contributed by atoms with Gasteiger partial charge in [-0.1, -0.05) is 6.08 Å². The van der Waals surface area contributed by atoms with Gasteiger partial charge < -0.3 is 0 Å². The number of rotatable bonds is 2. The van der Waals surface area contributed by atoms with E-state index in [0.29, 0.717) is 0 Å². The van der Waals surface area contributed by atoms with Crippen LogP contribution in [-0.2, 0) is 6.42 Å². The van der Waals surface area contributed by atoms with E-state index in [1.165, 1.54) is 5.56 Å². The van der Waals surface area contributed by atoms with E-state index in [-0.39, 0.29) is 18.9 Å². The van der Waals surface area contributed by atoms with Crippen molar-refractivity contribution in [2.24, 2.45) is 0 Å². The third-order valence-corrected chi connectivity index (χ3v) is 1.69. The van der Waals surface area contributed by atoms with Gasteiger partial charge in [0.05, 0.1) is 0 Å². The molecule has 0 atom stereocenters. The van der Waals surface area contributed by atoms with E-state index in [9.17, 15) is 0 Å². The maximum atomic E-state index is 3.64. The van der Waals surface area contributed by atoms with Crippen LogP contribution < -0.4 is 0 Å². The van der Waals surface area contributed by atoms with E-state index in [0.717, 1.165) is 6.42 Å². The fraction of sp³-hybridized carbons (Fsp3) is 0.143. The van der Waals surface area contributed by atoms with Crippen molar-refractivity contribution in [2.75, 3.05) is 0 Å². The fourth-order valence-corrected chi connectivity index (χ4v) is 1.26. The molecule has 0 saturated carbocycles. The predicted molar refractivity (Wildman–Crippen MR) is 45.4 cm³/mol. The molecule has 0 N–H and O–H groups in total. The van der Waals surface area contributed by atoms with Gasteiger partial charge >= 0.3 is 18.9 Å². The zero-order valence-electron chi connectivity index (χ0n) is 4.63. The van der Waals surface area contributed by atoms with Crippen molar-refractivity contribution in [2.45, 2.75) is 6.42 Å². The first-order valence-electron chi connectivity index (χ1n) is 2.55. The predicted octanol–water partition coefficient (Wildman–Crippen LogP) is 1.83. The molecule has 0 aromatic carbocycles. The average molecular weight is 132 g/mol. The average Bonchev–Trinajstić information content (AvgIpc) is 2.19. The van der Waals surface area contributed by atoms with E-state index < -0.39 is 0 Å². The summed E-state index contributed by atoms with van der Waals surface area (Å²) in [6, 6.07) is 2.12. The van der Waals surface area contributed by atoms with Gasteiger partial charge in [-0.05, 0) is 28.8 Å². The van der Waals surface area contributed by atoms with Crippen LogP contribution in [0.2, 0.25) is 0 Å². The molecule has 0 saturated heterocycles. The Morgan fingerprint density at radius 2 is 2.44 bits per heavy atom. The minimum atomic E-state index is 0. The fourth-order valence-electron chi connectivity index (χ4n) is 0.575. The van der Waals surface area contributed by atoms with Crippen molar-refractivity contribution in [1.29, 1.82) is 0 Å². The number of hydrogen-bond donors (Lipinski definition) is 0. The zero-order valence-corrected chi connectivity index (χ0v) is 5.45. The molecule has 0 nitrogen and oxygen atoms in total. The summed E-state index contributed by atoms with van der Waals surface area (Å²) in [5.41, 5.74) is 1.37. The van der Waals surface area contributed by atoms with Crippen LogP contribution in [0.25, 0.3) is 0 Å². The van der Waals surface area contributed by atoms with Crippen LogP contribution >= 0.6 is 11.3 Å². The first kappa shape index (κ1) is 9.04. The molecule has 0 bridgehead atoms. The van der Waals surface area contributed by atoms with Crippen LogP contribution in [0.1, 0.15) is 5.56 Å². The second-order valence-corrected chi connectivity index (χ2v) is 2.40. The van der Waals surface area contributed by atoms with Crippen LogP contribution in [0.5, 0.6) is 0 Å². The number of allylic oxidation sites excluding steroid dienone is 1. The van der Waals surface area contributed by atoms with Crippen LogP contribution in [0.15, 0.2) is 29.5 Å². The molecule has 0 aliphatic heterocycles. The molecule has 44 valence electrons. The first-order valence-corrected chi connectivity index (χ1v) is 3.49. The van der Waals surface area contributed by atoms with Gasteiger partial charge in [0.25, 0.3) is 0 Å². The summed E-state index contributed by atoms with van der Waals surface area (Å²) in [4.78, 5) is 0. The molecule has 0 aliphatic carbocycles. The SMILES string of the molecule is C=CCc1ccsc1.[LiH]. The molecule has 0 radical (unpaired) electrons. The van der Waals surface area contributed by atoms with E-state index in [1.54, 1.807) is 11.3 Å². The van der Waals surface area contributed by atoms with Gasteiger partial charge in [-0.2, -0.15) is 11.3 Å². The van der Waals surface area contributed by atoms with Gasteiger partial charge in [0.15, 0.2) is 0 Å². The van der Waals surface area contributed by atoms with Crippen molar-refractivity contribution >= 4 is 30.2 Å². The van der Waals surface area contributed by atoms with Gasteiger partial charge in [0, 0.05) is 0 Å². The van der Waals surface area contributed by atoms with E-state index in [4.69, 9.17) is 0 Å². The Labute approximate surface area is 71.8 Å². The van der Waals surface area contributed by atoms with Crippen molar-refractivity contribution in [3.05, 3.63) is 35.0 Å². The molecule has 0 unspecified atom stereocenters. The molecule has 0 spiro atoms. The summed E-state index contributed by atoms with van der Waals surface area (Å²) in [5.74, 6) is 0. The molecule has 0 amide bonds. The third-order valence-electron chi connectivity index (χ3n) is 0.960. The normalized spacial score (nSPS) is 8.00. The Kier molecular flexibility index (Phi) is 4.89. The van der Waals surface area contributed by atoms with E-state index in [2.05, 4.69) is 23.4 Å². The Morgan fingerprint density at radius 1 is 1.67 bits per heavy atom. The van der Waals surface area contributed by atoms with Gasteiger partial charge in [-0.25, -0.2) is 0 Å². The summed E-state index contributed by atoms with van der Waals surface area (Å²) in [6.07, 6.45) is 2.92. The van der Waals surface area contributed by atoms with Gasteiger partial charge in [-0.15, -0.1) is 6.58 Å². The molecule has 1 aromatic heterocycles. The molecule has 1 rings (SSSR count). The van der Waals surface area contributed by atoms with Crippen LogP contribution in [-0.4, -0.2) is 18.9 Å². The van der Waals surface area contributed by atoms with Crippen LogP contribution in [0.4, 0.5) is 0 Å². The Bertz CT molecular complexity index is 155. The summed E-state index contributed by atoms with van der Waals surface area (Å²) >= 11 is 1.73. The summed E-state index contributed by atoms with van der Waals surface area (Å²) in [7, 11) is 0. The molecule has 2 heteroatoms. The molecule has 0 aliphatic rings. The van der Waals surface area contributed by atoms with Crippen molar-refractivity contribution < 1.29 is 0 Å². The van der Waals surface area contributed by atoms with Gasteiger partial charge in [0.2, 0.25) is 0 Å². The van der Waals surface area contributed by atoms with Crippen LogP contribution in [0, 0.1) is 0 Å². The molecule has 1 heterocycles. The van der Waals surface area contributed by atoms with Crippen molar-refractivity contribution in [3.8, 4) is 0 Å². The molecular formula is C7H9LiS. The summed E-state index contributed by atoms with van der Waals surface area (Å²) in [6.45, 7) is 3.64. The Morgan fingerprint density at radius 3 is 2.89 bits per heavy atom. The third kappa shape index (κ3) is 2.91. The second kappa shape index (κ2) is 4.87. The quantitative estimate of drug-likeness (QED) is 0.425. The Hall–Kier alpha value is 0.0374. The summed E-state index contributed by atoms with van der Waals surface area (Å²) < 4.78 is 0. The molecule has 9 heavy (non-hydrogen) atoms. The van der Waals surface area contributed by atoms with Crippen molar-refractivity contribution in [3.63, 3.8) is 0 Å². The molecule has 0 fully saturated rings. The van der Waals surface area contributed by atoms with E-state index >= 15 is 0 Å². The maximum absolute atomic E-state index is 3.64. The zero-order chi connectivity index (χ0) is 5.82. The van der Waals surface area contributed by atoms with E-state index in [1.807, 2.05) is 6.08 Å². The van der Waals surface area contributed by atoms with Gasteiger partial charge in [-0.3, -0.25) is 0 Å². The number of hydrogen-bond acceptors (Lipinski definition) is 1. The number of thiophene rings is 1. The molecule has 1 aromatic rings.